The third-order valence-electron chi connectivity index (χ3n) is 4.05. The molecule has 0 bridgehead atoms. The van der Waals surface area contributed by atoms with Crippen molar-refractivity contribution < 1.29 is 17.9 Å². The van der Waals surface area contributed by atoms with E-state index in [2.05, 4.69) is 25.2 Å². The van der Waals surface area contributed by atoms with Crippen LogP contribution < -0.4 is 14.8 Å². The topological polar surface area (TPSA) is 121 Å². The smallest absolute Gasteiger partial charge is 0.301 e. The van der Waals surface area contributed by atoms with Crippen molar-refractivity contribution in [1.29, 1.82) is 0 Å². The summed E-state index contributed by atoms with van der Waals surface area (Å²) in [7, 11) is 1.00. The molecule has 10 nitrogen and oxygen atoms in total. The number of aromatic amines is 1. The Labute approximate surface area is 175 Å². The minimum atomic E-state index is -3.54. The van der Waals surface area contributed by atoms with E-state index in [9.17, 15) is 8.42 Å². The zero-order valence-corrected chi connectivity index (χ0v) is 17.7. The van der Waals surface area contributed by atoms with Crippen LogP contribution in [-0.2, 0) is 14.9 Å². The van der Waals surface area contributed by atoms with Crippen LogP contribution in [0.5, 0.6) is 5.88 Å². The molecule has 0 spiro atoms. The van der Waals surface area contributed by atoms with E-state index in [-0.39, 0.29) is 0 Å². The van der Waals surface area contributed by atoms with Gasteiger partial charge < -0.3 is 14.8 Å². The van der Waals surface area contributed by atoms with Crippen molar-refractivity contribution in [3.8, 4) is 17.1 Å². The molecule has 0 saturated heterocycles. The number of nitrogens with one attached hydrogen (secondary N) is 3. The third-order valence-corrected chi connectivity index (χ3v) is 5.50. The number of nitrogens with zero attached hydrogens (tertiary/aromatic N) is 3. The lowest BCUT2D eigenvalue weighted by molar-refractivity contribution is 0.144. The molecule has 0 fully saturated rings. The van der Waals surface area contributed by atoms with E-state index >= 15 is 0 Å². The molecule has 0 unspecified atom stereocenters. The van der Waals surface area contributed by atoms with Crippen molar-refractivity contribution >= 4 is 27.4 Å². The number of hydrogen-bond donors (Lipinski definition) is 3. The highest BCUT2D eigenvalue weighted by Crippen LogP contribution is 2.24. The summed E-state index contributed by atoms with van der Waals surface area (Å²) in [5, 5.41) is 10.4. The maximum Gasteiger partial charge on any atom is 0.301 e. The first-order chi connectivity index (χ1) is 14.4. The number of hydrogen-bond acceptors (Lipinski definition) is 7. The van der Waals surface area contributed by atoms with E-state index in [1.807, 2.05) is 12.1 Å². The molecule has 0 aliphatic rings. The first-order valence-electron chi connectivity index (χ1n) is 9.08. The van der Waals surface area contributed by atoms with Crippen molar-refractivity contribution in [3.63, 3.8) is 0 Å². The van der Waals surface area contributed by atoms with E-state index < -0.39 is 10.2 Å². The Bertz CT molecular complexity index is 1070. The number of methoxy groups -OCH3 is 1. The Hall–Kier alpha value is -3.15. The van der Waals surface area contributed by atoms with Crippen molar-refractivity contribution in [2.45, 2.75) is 0 Å². The van der Waals surface area contributed by atoms with Gasteiger partial charge in [-0.3, -0.25) is 9.82 Å². The number of aromatic nitrogens is 3. The van der Waals surface area contributed by atoms with Gasteiger partial charge in [0, 0.05) is 50.9 Å². The molecule has 1 aromatic carbocycles. The monoisotopic (exact) mass is 432 g/mol. The maximum atomic E-state index is 11.9. The Morgan fingerprint density at radius 3 is 2.53 bits per heavy atom. The summed E-state index contributed by atoms with van der Waals surface area (Å²) in [5.74, 6) is 1.11. The van der Waals surface area contributed by atoms with E-state index in [0.717, 1.165) is 21.2 Å². The largest absolute Gasteiger partial charge is 0.475 e. The molecule has 3 rings (SSSR count). The second-order valence-corrected chi connectivity index (χ2v) is 8.37. The van der Waals surface area contributed by atoms with Crippen LogP contribution in [0.2, 0.25) is 0 Å². The van der Waals surface area contributed by atoms with E-state index in [0.29, 0.717) is 30.6 Å². The van der Waals surface area contributed by atoms with Crippen molar-refractivity contribution in [1.82, 2.24) is 19.5 Å². The molecule has 0 saturated carbocycles. The van der Waals surface area contributed by atoms with Gasteiger partial charge in [-0.05, 0) is 23.8 Å². The highest BCUT2D eigenvalue weighted by Gasteiger charge is 2.13. The molecule has 0 atom stereocenters. The van der Waals surface area contributed by atoms with Crippen molar-refractivity contribution in [2.75, 3.05) is 44.5 Å². The van der Waals surface area contributed by atoms with Crippen LogP contribution in [0.4, 0.5) is 17.2 Å². The van der Waals surface area contributed by atoms with Crippen LogP contribution in [0.3, 0.4) is 0 Å². The molecule has 0 aliphatic carbocycles. The van der Waals surface area contributed by atoms with Crippen LogP contribution in [-0.4, -0.2) is 62.3 Å². The summed E-state index contributed by atoms with van der Waals surface area (Å²) < 4.78 is 37.9. The molecular formula is C19H24N6O4S. The van der Waals surface area contributed by atoms with Crippen LogP contribution in [0.1, 0.15) is 0 Å². The lowest BCUT2D eigenvalue weighted by atomic mass is 10.1. The molecule has 30 heavy (non-hydrogen) atoms. The third kappa shape index (κ3) is 5.69. The minimum absolute atomic E-state index is 0.417. The van der Waals surface area contributed by atoms with Crippen LogP contribution in [0.15, 0.2) is 48.7 Å². The Morgan fingerprint density at radius 1 is 1.07 bits per heavy atom. The summed E-state index contributed by atoms with van der Waals surface area (Å²) in [4.78, 5) is 4.15. The van der Waals surface area contributed by atoms with Crippen molar-refractivity contribution in [3.05, 3.63) is 48.7 Å². The predicted molar refractivity (Wildman–Crippen MR) is 115 cm³/mol. The standard InChI is InChI=1S/C19H24N6O4S/c1-25(2)30(26,27)24-15-6-4-14(5-7-15)17-13-18(23-22-17)21-16-8-9-20-19(12-16)29-11-10-28-3/h4-9,12-13,24H,10-11H2,1-3H3,(H2,20,21,22,23). The second-order valence-electron chi connectivity index (χ2n) is 6.48. The molecule has 0 radical (unpaired) electrons. The first-order valence-corrected chi connectivity index (χ1v) is 10.5. The van der Waals surface area contributed by atoms with Gasteiger partial charge in [-0.2, -0.15) is 17.8 Å². The molecule has 2 heterocycles. The zero-order chi connectivity index (χ0) is 21.6. The van der Waals surface area contributed by atoms with E-state index in [1.54, 1.807) is 43.6 Å². The molecule has 160 valence electrons. The number of pyridine rings is 1. The van der Waals surface area contributed by atoms with Gasteiger partial charge in [-0.1, -0.05) is 12.1 Å². The Morgan fingerprint density at radius 2 is 1.83 bits per heavy atom. The van der Waals surface area contributed by atoms with Crippen LogP contribution in [0.25, 0.3) is 11.3 Å². The number of H-pyrrole nitrogens is 1. The highest BCUT2D eigenvalue weighted by atomic mass is 32.2. The maximum absolute atomic E-state index is 11.9. The number of ether oxygens (including phenoxy) is 2. The Kier molecular flexibility index (Phi) is 6.87. The minimum Gasteiger partial charge on any atom is -0.475 e. The number of rotatable bonds is 10. The second kappa shape index (κ2) is 9.57. The predicted octanol–water partition coefficient (Wildman–Crippen LogP) is 2.46. The molecule has 11 heteroatoms. The summed E-state index contributed by atoms with van der Waals surface area (Å²) >= 11 is 0. The molecule has 3 aromatic rings. The lowest BCUT2D eigenvalue weighted by Gasteiger charge is -2.13. The summed E-state index contributed by atoms with van der Waals surface area (Å²) in [6.45, 7) is 0.900. The quantitative estimate of drug-likeness (QED) is 0.421. The normalized spacial score (nSPS) is 11.5. The fraction of sp³-hybridized carbons (Fsp3) is 0.263. The molecule has 0 aliphatic heterocycles. The molecular weight excluding hydrogens is 408 g/mol. The first kappa shape index (κ1) is 21.6. The fourth-order valence-electron chi connectivity index (χ4n) is 2.44. The van der Waals surface area contributed by atoms with E-state index in [4.69, 9.17) is 9.47 Å². The number of benzene rings is 1. The molecule has 0 amide bonds. The Balaban J connectivity index is 1.66. The number of anilines is 3. The van der Waals surface area contributed by atoms with Gasteiger partial charge in [0.25, 0.3) is 0 Å². The summed E-state index contributed by atoms with van der Waals surface area (Å²) in [6, 6.07) is 12.4. The average molecular weight is 433 g/mol. The molecule has 2 aromatic heterocycles. The van der Waals surface area contributed by atoms with Gasteiger partial charge in [-0.25, -0.2) is 4.98 Å². The van der Waals surface area contributed by atoms with Gasteiger partial charge in [-0.15, -0.1) is 0 Å². The highest BCUT2D eigenvalue weighted by molar-refractivity contribution is 7.90. The van der Waals surface area contributed by atoms with Gasteiger partial charge in [0.15, 0.2) is 5.82 Å². The summed E-state index contributed by atoms with van der Waals surface area (Å²) in [5.41, 5.74) is 2.90. The summed E-state index contributed by atoms with van der Waals surface area (Å²) in [6.07, 6.45) is 1.64. The van der Waals surface area contributed by atoms with Crippen molar-refractivity contribution in [2.24, 2.45) is 0 Å². The zero-order valence-electron chi connectivity index (χ0n) is 16.9. The van der Waals surface area contributed by atoms with Gasteiger partial charge in [0.1, 0.15) is 6.61 Å². The molecule has 3 N–H and O–H groups in total. The average Bonchev–Trinajstić information content (AvgIpc) is 3.17. The van der Waals surface area contributed by atoms with E-state index in [1.165, 1.54) is 14.1 Å². The van der Waals surface area contributed by atoms with Crippen LogP contribution >= 0.6 is 0 Å². The van der Waals surface area contributed by atoms with Gasteiger partial charge in [0.2, 0.25) is 5.88 Å². The SMILES string of the molecule is COCCOc1cc(Nc2cc(-c3ccc(NS(=O)(=O)N(C)C)cc3)[nH]n2)ccn1. The lowest BCUT2D eigenvalue weighted by Crippen LogP contribution is -2.28. The fourth-order valence-corrected chi connectivity index (χ4v) is 3.05. The van der Waals surface area contributed by atoms with Gasteiger partial charge in [0.05, 0.1) is 12.3 Å². The van der Waals surface area contributed by atoms with Gasteiger partial charge >= 0.3 is 10.2 Å². The van der Waals surface area contributed by atoms with Crippen LogP contribution in [0, 0.1) is 0 Å².